The Hall–Kier alpha value is -0.530. The van der Waals surface area contributed by atoms with E-state index in [1.165, 1.54) is 12.1 Å². The summed E-state index contributed by atoms with van der Waals surface area (Å²) < 4.78 is 43.9. The molecule has 0 spiro atoms. The molecule has 0 aliphatic heterocycles. The van der Waals surface area contributed by atoms with Gasteiger partial charge in [0.05, 0.1) is 13.2 Å². The Balaban J connectivity index is 1.97. The predicted octanol–water partition coefficient (Wildman–Crippen LogP) is 5.74. The van der Waals surface area contributed by atoms with Gasteiger partial charge in [0, 0.05) is 20.1 Å². The van der Waals surface area contributed by atoms with Crippen molar-refractivity contribution in [3.63, 3.8) is 0 Å². The van der Waals surface area contributed by atoms with Gasteiger partial charge in [0.1, 0.15) is 0 Å². The summed E-state index contributed by atoms with van der Waals surface area (Å²) in [6.45, 7) is 0.491. The summed E-state index contributed by atoms with van der Waals surface area (Å²) >= 11 is 14.8. The van der Waals surface area contributed by atoms with E-state index < -0.39 is 18.8 Å². The fourth-order valence-electron chi connectivity index (χ4n) is 2.15. The highest BCUT2D eigenvalue weighted by Crippen LogP contribution is 2.60. The SMILES string of the molecule is O=P(O)(O)C(F)(F)c1ccc(COCCc2ccc(Cl)cc2Cl)cc1Br. The van der Waals surface area contributed by atoms with E-state index in [0.717, 1.165) is 11.6 Å². The van der Waals surface area contributed by atoms with Gasteiger partial charge in [0.2, 0.25) is 0 Å². The van der Waals surface area contributed by atoms with Crippen LogP contribution in [0.3, 0.4) is 0 Å². The number of halogens is 5. The first-order chi connectivity index (χ1) is 12.0. The highest BCUT2D eigenvalue weighted by molar-refractivity contribution is 9.10. The van der Waals surface area contributed by atoms with Gasteiger partial charge >= 0.3 is 13.3 Å². The monoisotopic (exact) mass is 488 g/mol. The van der Waals surface area contributed by atoms with Gasteiger partial charge in [-0.2, -0.15) is 8.78 Å². The van der Waals surface area contributed by atoms with E-state index in [0.29, 0.717) is 28.6 Å². The largest absolute Gasteiger partial charge is 0.399 e. The fourth-order valence-corrected chi connectivity index (χ4v) is 3.99. The molecule has 26 heavy (non-hydrogen) atoms. The van der Waals surface area contributed by atoms with Crippen molar-refractivity contribution in [1.29, 1.82) is 0 Å². The molecule has 0 aromatic heterocycles. The standard InChI is InChI=1S/C16H14BrCl2F2O4P/c17-14-7-10(1-4-13(14)16(20,21)26(22,23)24)9-25-6-5-11-2-3-12(18)8-15(11)19/h1-4,7-8H,5-6,9H2,(H2,22,23,24). The summed E-state index contributed by atoms with van der Waals surface area (Å²) in [4.78, 5) is 17.6. The third kappa shape index (κ3) is 5.26. The van der Waals surface area contributed by atoms with Crippen molar-refractivity contribution in [1.82, 2.24) is 0 Å². The molecule has 0 radical (unpaired) electrons. The van der Waals surface area contributed by atoms with Crippen LogP contribution >= 0.6 is 46.7 Å². The topological polar surface area (TPSA) is 66.8 Å². The van der Waals surface area contributed by atoms with Crippen LogP contribution in [0.2, 0.25) is 10.0 Å². The van der Waals surface area contributed by atoms with Crippen LogP contribution < -0.4 is 0 Å². The Morgan fingerprint density at radius 3 is 2.42 bits per heavy atom. The zero-order chi connectivity index (χ0) is 19.5. The molecule has 0 saturated heterocycles. The van der Waals surface area contributed by atoms with Crippen molar-refractivity contribution in [2.24, 2.45) is 0 Å². The van der Waals surface area contributed by atoms with Crippen LogP contribution in [0.15, 0.2) is 40.9 Å². The summed E-state index contributed by atoms with van der Waals surface area (Å²) in [5.74, 6) is 0. The Bertz CT molecular complexity index is 845. The quantitative estimate of drug-likeness (QED) is 0.384. The molecule has 10 heteroatoms. The van der Waals surface area contributed by atoms with E-state index >= 15 is 0 Å². The number of hydrogen-bond donors (Lipinski definition) is 2. The average Bonchev–Trinajstić information content (AvgIpc) is 2.52. The molecule has 4 nitrogen and oxygen atoms in total. The first-order valence-corrected chi connectivity index (χ1v) is 10.4. The van der Waals surface area contributed by atoms with Gasteiger partial charge in [-0.05, 0) is 35.7 Å². The molecule has 0 amide bonds. The molecule has 0 heterocycles. The van der Waals surface area contributed by atoms with Crippen LogP contribution in [0.4, 0.5) is 8.78 Å². The molecule has 2 aromatic carbocycles. The lowest BCUT2D eigenvalue weighted by Crippen LogP contribution is -2.14. The summed E-state index contributed by atoms with van der Waals surface area (Å²) in [6, 6.07) is 8.80. The second-order valence-electron chi connectivity index (χ2n) is 5.44. The van der Waals surface area contributed by atoms with Crippen molar-refractivity contribution in [2.75, 3.05) is 6.61 Å². The second kappa shape index (κ2) is 8.65. The molecule has 2 aromatic rings. The highest BCUT2D eigenvalue weighted by atomic mass is 79.9. The van der Waals surface area contributed by atoms with E-state index in [9.17, 15) is 13.3 Å². The van der Waals surface area contributed by atoms with Gasteiger partial charge in [0.15, 0.2) is 0 Å². The van der Waals surface area contributed by atoms with E-state index in [4.69, 9.17) is 37.7 Å². The van der Waals surface area contributed by atoms with E-state index in [2.05, 4.69) is 15.9 Å². The van der Waals surface area contributed by atoms with Gasteiger partial charge < -0.3 is 14.5 Å². The van der Waals surface area contributed by atoms with Crippen LogP contribution in [-0.2, 0) is 28.0 Å². The van der Waals surface area contributed by atoms with Gasteiger partial charge in [-0.15, -0.1) is 0 Å². The summed E-state index contributed by atoms with van der Waals surface area (Å²) in [7, 11) is -5.62. The summed E-state index contributed by atoms with van der Waals surface area (Å²) in [5.41, 5.74) is -3.60. The molecule has 2 rings (SSSR count). The van der Waals surface area contributed by atoms with Crippen molar-refractivity contribution < 1.29 is 27.9 Å². The molecule has 0 fully saturated rings. The molecule has 0 saturated carbocycles. The number of hydrogen-bond acceptors (Lipinski definition) is 2. The Labute approximate surface area is 167 Å². The van der Waals surface area contributed by atoms with Crippen molar-refractivity contribution in [3.8, 4) is 0 Å². The lowest BCUT2D eigenvalue weighted by Gasteiger charge is -2.19. The Kier molecular flexibility index (Phi) is 7.24. The molecular weight excluding hydrogens is 476 g/mol. The fraction of sp³-hybridized carbons (Fsp3) is 0.250. The van der Waals surface area contributed by atoms with Gasteiger partial charge in [-0.1, -0.05) is 57.3 Å². The maximum atomic E-state index is 13.8. The minimum absolute atomic E-state index is 0.104. The van der Waals surface area contributed by atoms with Crippen molar-refractivity contribution in [3.05, 3.63) is 67.6 Å². The van der Waals surface area contributed by atoms with Crippen LogP contribution in [0, 0.1) is 0 Å². The third-order valence-corrected chi connectivity index (χ3v) is 5.74. The van der Waals surface area contributed by atoms with E-state index in [-0.39, 0.29) is 11.1 Å². The van der Waals surface area contributed by atoms with E-state index in [1.54, 1.807) is 18.2 Å². The van der Waals surface area contributed by atoms with Crippen molar-refractivity contribution >= 4 is 46.7 Å². The van der Waals surface area contributed by atoms with Crippen LogP contribution in [-0.4, -0.2) is 16.4 Å². The molecule has 2 N–H and O–H groups in total. The number of rotatable bonds is 7. The second-order valence-corrected chi connectivity index (χ2v) is 8.79. The van der Waals surface area contributed by atoms with E-state index in [1.807, 2.05) is 0 Å². The zero-order valence-electron chi connectivity index (χ0n) is 13.1. The molecular formula is C16H14BrCl2F2O4P. The molecule has 0 unspecified atom stereocenters. The zero-order valence-corrected chi connectivity index (χ0v) is 17.1. The maximum absolute atomic E-state index is 13.8. The van der Waals surface area contributed by atoms with Gasteiger partial charge in [-0.25, -0.2) is 0 Å². The molecule has 142 valence electrons. The minimum Gasteiger partial charge on any atom is -0.376 e. The predicted molar refractivity (Wildman–Crippen MR) is 99.9 cm³/mol. The van der Waals surface area contributed by atoms with Gasteiger partial charge in [0.25, 0.3) is 0 Å². The lowest BCUT2D eigenvalue weighted by molar-refractivity contribution is 0.0556. The molecule has 0 aliphatic rings. The Morgan fingerprint density at radius 2 is 1.85 bits per heavy atom. The highest BCUT2D eigenvalue weighted by Gasteiger charge is 2.51. The lowest BCUT2D eigenvalue weighted by atomic mass is 10.1. The first-order valence-electron chi connectivity index (χ1n) is 7.26. The third-order valence-electron chi connectivity index (χ3n) is 3.52. The van der Waals surface area contributed by atoms with Crippen LogP contribution in [0.25, 0.3) is 0 Å². The van der Waals surface area contributed by atoms with Crippen LogP contribution in [0.5, 0.6) is 0 Å². The first kappa shape index (κ1) is 21.8. The molecule has 0 aliphatic carbocycles. The minimum atomic E-state index is -5.62. The normalized spacial score (nSPS) is 12.4. The molecule has 0 bridgehead atoms. The summed E-state index contributed by atoms with van der Waals surface area (Å²) in [5, 5.41) is 1.07. The Morgan fingerprint density at radius 1 is 1.15 bits per heavy atom. The number of alkyl halides is 2. The average molecular weight is 490 g/mol. The summed E-state index contributed by atoms with van der Waals surface area (Å²) in [6.07, 6.45) is 0.547. The number of ether oxygens (including phenoxy) is 1. The van der Waals surface area contributed by atoms with Crippen molar-refractivity contribution in [2.45, 2.75) is 18.7 Å². The van der Waals surface area contributed by atoms with Gasteiger partial charge in [-0.3, -0.25) is 4.57 Å². The maximum Gasteiger partial charge on any atom is 0.399 e. The number of benzene rings is 2. The van der Waals surface area contributed by atoms with Crippen LogP contribution in [0.1, 0.15) is 16.7 Å². The smallest absolute Gasteiger partial charge is 0.376 e. The molecule has 0 atom stereocenters.